The molecule has 3 aromatic rings. The van der Waals surface area contributed by atoms with Crippen LogP contribution in [0.4, 0.5) is 5.69 Å². The number of methoxy groups -OCH3 is 1. The monoisotopic (exact) mass is 338 g/mol. The molecule has 1 heterocycles. The van der Waals surface area contributed by atoms with E-state index in [1.807, 2.05) is 30.3 Å². The highest BCUT2D eigenvalue weighted by molar-refractivity contribution is 6.32. The molecule has 0 aliphatic carbocycles. The highest BCUT2D eigenvalue weighted by Crippen LogP contribution is 2.32. The van der Waals surface area contributed by atoms with Gasteiger partial charge in [-0.2, -0.15) is 0 Å². The summed E-state index contributed by atoms with van der Waals surface area (Å²) >= 11 is 6.05. The maximum Gasteiger partial charge on any atom is 0.248 e. The van der Waals surface area contributed by atoms with Crippen LogP contribution in [0.2, 0.25) is 5.02 Å². The van der Waals surface area contributed by atoms with Gasteiger partial charge in [-0.15, -0.1) is 0 Å². The van der Waals surface area contributed by atoms with Gasteiger partial charge in [0, 0.05) is 23.2 Å². The molecule has 1 aromatic heterocycles. The maximum absolute atomic E-state index is 12.2. The summed E-state index contributed by atoms with van der Waals surface area (Å²) in [7, 11) is 1.51. The Morgan fingerprint density at radius 1 is 1.17 bits per heavy atom. The van der Waals surface area contributed by atoms with Crippen molar-refractivity contribution in [3.63, 3.8) is 0 Å². The smallest absolute Gasteiger partial charge is 0.248 e. The number of pyridine rings is 1. The Kier molecular flexibility index (Phi) is 4.77. The van der Waals surface area contributed by atoms with Gasteiger partial charge in [0.1, 0.15) is 0 Å². The van der Waals surface area contributed by atoms with Crippen molar-refractivity contribution in [3.05, 3.63) is 71.4 Å². The number of hydrogen-bond donors (Lipinski definition) is 1. The second-order valence-corrected chi connectivity index (χ2v) is 5.47. The number of halogens is 1. The van der Waals surface area contributed by atoms with Crippen molar-refractivity contribution in [1.29, 1.82) is 0 Å². The van der Waals surface area contributed by atoms with Crippen LogP contribution in [0.15, 0.2) is 60.8 Å². The number of carbonyl (C=O) groups is 1. The third kappa shape index (κ3) is 3.39. The number of hydrogen-bond acceptors (Lipinski definition) is 3. The molecule has 1 N–H and O–H groups in total. The van der Waals surface area contributed by atoms with Gasteiger partial charge in [-0.25, -0.2) is 0 Å². The molecule has 3 rings (SSSR count). The maximum atomic E-state index is 12.2. The minimum absolute atomic E-state index is 0.275. The van der Waals surface area contributed by atoms with Crippen molar-refractivity contribution >= 4 is 40.2 Å². The Balaban J connectivity index is 1.82. The van der Waals surface area contributed by atoms with E-state index in [-0.39, 0.29) is 5.91 Å². The van der Waals surface area contributed by atoms with Crippen molar-refractivity contribution in [1.82, 2.24) is 4.98 Å². The van der Waals surface area contributed by atoms with Crippen molar-refractivity contribution in [3.8, 4) is 5.75 Å². The molecule has 0 atom stereocenters. The molecular weight excluding hydrogens is 324 g/mol. The lowest BCUT2D eigenvalue weighted by atomic mass is 10.1. The quantitative estimate of drug-likeness (QED) is 0.710. The Hall–Kier alpha value is -2.85. The fraction of sp³-hybridized carbons (Fsp3) is 0.0526. The Morgan fingerprint density at radius 3 is 2.79 bits per heavy atom. The molecule has 4 nitrogen and oxygen atoms in total. The van der Waals surface area contributed by atoms with Gasteiger partial charge in [0.15, 0.2) is 5.75 Å². The molecule has 0 aliphatic rings. The van der Waals surface area contributed by atoms with Crippen LogP contribution in [0, 0.1) is 0 Å². The summed E-state index contributed by atoms with van der Waals surface area (Å²) in [6, 6.07) is 14.9. The predicted molar refractivity (Wildman–Crippen MR) is 97.4 cm³/mol. The molecule has 0 saturated carbocycles. The van der Waals surface area contributed by atoms with Crippen molar-refractivity contribution < 1.29 is 9.53 Å². The second-order valence-electron chi connectivity index (χ2n) is 5.07. The number of carbonyl (C=O) groups excluding carboxylic acids is 1. The van der Waals surface area contributed by atoms with Gasteiger partial charge in [-0.05, 0) is 24.3 Å². The number of rotatable bonds is 4. The standard InChI is InChI=1S/C19H15ClN2O2/c1-24-19-15(20)8-3-9-16(19)22-17(23)11-10-14-6-2-5-13-7-4-12-21-18(13)14/h2-12H,1H3,(H,22,23). The summed E-state index contributed by atoms with van der Waals surface area (Å²) in [5, 5.41) is 4.23. The van der Waals surface area contributed by atoms with E-state index in [9.17, 15) is 4.79 Å². The highest BCUT2D eigenvalue weighted by Gasteiger charge is 2.09. The summed E-state index contributed by atoms with van der Waals surface area (Å²) < 4.78 is 5.22. The molecule has 0 unspecified atom stereocenters. The average Bonchev–Trinajstić information content (AvgIpc) is 2.60. The van der Waals surface area contributed by atoms with Crippen LogP contribution >= 0.6 is 11.6 Å². The molecule has 1 amide bonds. The molecule has 24 heavy (non-hydrogen) atoms. The fourth-order valence-corrected chi connectivity index (χ4v) is 2.67. The molecule has 0 aliphatic heterocycles. The van der Waals surface area contributed by atoms with E-state index >= 15 is 0 Å². The van der Waals surface area contributed by atoms with Gasteiger partial charge in [0.2, 0.25) is 5.91 Å². The fourth-order valence-electron chi connectivity index (χ4n) is 2.42. The van der Waals surface area contributed by atoms with E-state index < -0.39 is 0 Å². The van der Waals surface area contributed by atoms with Gasteiger partial charge >= 0.3 is 0 Å². The van der Waals surface area contributed by atoms with E-state index in [1.54, 1.807) is 30.5 Å². The third-order valence-corrected chi connectivity index (χ3v) is 3.80. The van der Waals surface area contributed by atoms with Crippen molar-refractivity contribution in [2.24, 2.45) is 0 Å². The van der Waals surface area contributed by atoms with Gasteiger partial charge in [0.05, 0.1) is 23.3 Å². The van der Waals surface area contributed by atoms with Gasteiger partial charge in [-0.1, -0.05) is 41.9 Å². The van der Waals surface area contributed by atoms with Crippen LogP contribution in [0.25, 0.3) is 17.0 Å². The molecule has 2 aromatic carbocycles. The number of fused-ring (bicyclic) bond motifs is 1. The van der Waals surface area contributed by atoms with Crippen LogP contribution in [0.3, 0.4) is 0 Å². The van der Waals surface area contributed by atoms with Crippen LogP contribution in [0.5, 0.6) is 5.75 Å². The zero-order valence-corrected chi connectivity index (χ0v) is 13.7. The Labute approximate surface area is 144 Å². The molecular formula is C19H15ClN2O2. The molecule has 0 bridgehead atoms. The number of aromatic nitrogens is 1. The number of amides is 1. The van der Waals surface area contributed by atoms with Gasteiger partial charge < -0.3 is 10.1 Å². The van der Waals surface area contributed by atoms with E-state index in [2.05, 4.69) is 10.3 Å². The number of para-hydroxylation sites is 2. The third-order valence-electron chi connectivity index (χ3n) is 3.51. The number of nitrogens with one attached hydrogen (secondary N) is 1. The molecule has 0 fully saturated rings. The van der Waals surface area contributed by atoms with E-state index in [0.717, 1.165) is 16.5 Å². The second kappa shape index (κ2) is 7.15. The number of benzene rings is 2. The lowest BCUT2D eigenvalue weighted by Gasteiger charge is -2.10. The lowest BCUT2D eigenvalue weighted by Crippen LogP contribution is -2.09. The first-order valence-electron chi connectivity index (χ1n) is 7.34. The van der Waals surface area contributed by atoms with Gasteiger partial charge in [-0.3, -0.25) is 9.78 Å². The molecule has 120 valence electrons. The zero-order valence-electron chi connectivity index (χ0n) is 13.0. The first-order valence-corrected chi connectivity index (χ1v) is 7.72. The molecule has 0 spiro atoms. The van der Waals surface area contributed by atoms with Crippen molar-refractivity contribution in [2.75, 3.05) is 12.4 Å². The van der Waals surface area contributed by atoms with Crippen LogP contribution in [-0.4, -0.2) is 18.0 Å². The lowest BCUT2D eigenvalue weighted by molar-refractivity contribution is -0.111. The van der Waals surface area contributed by atoms with Crippen molar-refractivity contribution in [2.45, 2.75) is 0 Å². The Morgan fingerprint density at radius 2 is 1.96 bits per heavy atom. The van der Waals surface area contributed by atoms with E-state index in [0.29, 0.717) is 16.5 Å². The predicted octanol–water partition coefficient (Wildman–Crippen LogP) is 4.55. The minimum Gasteiger partial charge on any atom is -0.493 e. The largest absolute Gasteiger partial charge is 0.493 e. The summed E-state index contributed by atoms with van der Waals surface area (Å²) in [6.07, 6.45) is 4.93. The number of ether oxygens (including phenoxy) is 1. The molecule has 5 heteroatoms. The minimum atomic E-state index is -0.275. The summed E-state index contributed by atoms with van der Waals surface area (Å²) in [4.78, 5) is 16.5. The highest BCUT2D eigenvalue weighted by atomic mass is 35.5. The average molecular weight is 339 g/mol. The van der Waals surface area contributed by atoms with Crippen LogP contribution in [0.1, 0.15) is 5.56 Å². The van der Waals surface area contributed by atoms with Crippen LogP contribution < -0.4 is 10.1 Å². The summed E-state index contributed by atoms with van der Waals surface area (Å²) in [5.41, 5.74) is 2.25. The normalized spacial score (nSPS) is 10.9. The van der Waals surface area contributed by atoms with Crippen LogP contribution in [-0.2, 0) is 4.79 Å². The summed E-state index contributed by atoms with van der Waals surface area (Å²) in [5.74, 6) is 0.163. The topological polar surface area (TPSA) is 51.2 Å². The molecule has 0 saturated heterocycles. The first kappa shape index (κ1) is 16.0. The zero-order chi connectivity index (χ0) is 16.9. The number of nitrogens with zero attached hydrogens (tertiary/aromatic N) is 1. The Bertz CT molecular complexity index is 917. The van der Waals surface area contributed by atoms with Gasteiger partial charge in [0.25, 0.3) is 0 Å². The summed E-state index contributed by atoms with van der Waals surface area (Å²) in [6.45, 7) is 0. The SMILES string of the molecule is COc1c(Cl)cccc1NC(=O)C=Cc1cccc2cccnc12. The first-order chi connectivity index (χ1) is 11.7. The molecule has 0 radical (unpaired) electrons. The van der Waals surface area contributed by atoms with E-state index in [4.69, 9.17) is 16.3 Å². The van der Waals surface area contributed by atoms with E-state index in [1.165, 1.54) is 13.2 Å². The number of anilines is 1.